The summed E-state index contributed by atoms with van der Waals surface area (Å²) in [5.41, 5.74) is 11.6. The molecule has 0 saturated heterocycles. The molecule has 0 N–H and O–H groups in total. The van der Waals surface area contributed by atoms with Crippen molar-refractivity contribution in [2.75, 3.05) is 80.0 Å². The van der Waals surface area contributed by atoms with Gasteiger partial charge in [-0.25, -0.2) is 40.1 Å². The molecular formula is C42H49B2NO2S4. The molecule has 4 heterocycles. The third-order valence-electron chi connectivity index (χ3n) is 11.1. The van der Waals surface area contributed by atoms with E-state index in [4.69, 9.17) is 9.47 Å². The number of rotatable bonds is 4. The molecule has 9 rings (SSSR count). The van der Waals surface area contributed by atoms with Crippen LogP contribution in [0.3, 0.4) is 0 Å². The summed E-state index contributed by atoms with van der Waals surface area (Å²) in [7, 11) is -3.85. The minimum Gasteiger partial charge on any atom is -0.458 e. The van der Waals surface area contributed by atoms with E-state index in [1.165, 1.54) is 69.4 Å². The van der Waals surface area contributed by atoms with Crippen LogP contribution in [-0.2, 0) is 0 Å². The van der Waals surface area contributed by atoms with Crippen LogP contribution in [0.5, 0.6) is 23.0 Å². The number of hydrogen-bond donors (Lipinski definition) is 0. The maximum Gasteiger partial charge on any atom is 0.256 e. The van der Waals surface area contributed by atoms with Gasteiger partial charge in [0, 0.05) is 23.1 Å². The van der Waals surface area contributed by atoms with Crippen molar-refractivity contribution in [3.8, 4) is 23.0 Å². The molecule has 0 aromatic heterocycles. The summed E-state index contributed by atoms with van der Waals surface area (Å²) in [6, 6.07) is 31.0. The topological polar surface area (TPSA) is 21.7 Å². The first-order valence-corrected chi connectivity index (χ1v) is 28.9. The van der Waals surface area contributed by atoms with Crippen molar-refractivity contribution in [3.05, 3.63) is 78.9 Å². The van der Waals surface area contributed by atoms with Gasteiger partial charge in [0.25, 0.3) is 13.4 Å². The predicted octanol–water partition coefficient (Wildman–Crippen LogP) is 7.24. The molecule has 0 bridgehead atoms. The molecular weight excluding hydrogens is 700 g/mol. The zero-order chi connectivity index (χ0) is 36.2. The molecule has 9 heteroatoms. The maximum absolute atomic E-state index is 7.08. The summed E-state index contributed by atoms with van der Waals surface area (Å²) in [6.07, 6.45) is 28.6. The van der Waals surface area contributed by atoms with E-state index in [2.05, 4.69) is 159 Å². The highest BCUT2D eigenvalue weighted by Gasteiger charge is 2.51. The van der Waals surface area contributed by atoms with Gasteiger partial charge in [-0.1, -0.05) is 48.5 Å². The average molecular weight is 750 g/mol. The van der Waals surface area contributed by atoms with Crippen LogP contribution in [0.25, 0.3) is 0 Å². The molecule has 0 amide bonds. The smallest absolute Gasteiger partial charge is 0.256 e. The fourth-order valence-corrected chi connectivity index (χ4v) is 12.1. The molecule has 5 aromatic rings. The second-order valence-corrected chi connectivity index (χ2v) is 34.2. The van der Waals surface area contributed by atoms with Crippen molar-refractivity contribution in [2.24, 2.45) is 0 Å². The standard InChI is InChI=1S/C42H49B2NO2S4/c1-48(2,3)26-13-17-30-34(21-26)45-35-22-27(49(4,5)6)14-18-31(35)44-33-20-16-29(51(10,11)12)24-37(33)47-39-25-38-40(42(45)41(39)44)43(30)32-19-15-28(50(7,8)9)23-36(32)46-38/h13-25H,1-12H3. The van der Waals surface area contributed by atoms with Crippen molar-refractivity contribution < 1.29 is 9.47 Å². The van der Waals surface area contributed by atoms with E-state index in [9.17, 15) is 0 Å². The van der Waals surface area contributed by atoms with Crippen LogP contribution in [0.15, 0.2) is 98.4 Å². The Hall–Kier alpha value is -2.97. The number of anilines is 3. The van der Waals surface area contributed by atoms with Gasteiger partial charge >= 0.3 is 0 Å². The van der Waals surface area contributed by atoms with Gasteiger partial charge in [0.15, 0.2) is 0 Å². The fourth-order valence-electron chi connectivity index (χ4n) is 8.31. The van der Waals surface area contributed by atoms with E-state index >= 15 is 0 Å². The van der Waals surface area contributed by atoms with Crippen LogP contribution in [0.2, 0.25) is 0 Å². The molecule has 5 aromatic carbocycles. The number of benzene rings is 5. The third kappa shape index (κ3) is 5.08. The van der Waals surface area contributed by atoms with Crippen molar-refractivity contribution in [1.29, 1.82) is 0 Å². The van der Waals surface area contributed by atoms with E-state index in [0.717, 1.165) is 23.0 Å². The largest absolute Gasteiger partial charge is 0.458 e. The summed E-state index contributed by atoms with van der Waals surface area (Å²) in [5, 5.41) is 0. The summed E-state index contributed by atoms with van der Waals surface area (Å²) >= 11 is 0. The van der Waals surface area contributed by atoms with Gasteiger partial charge in [-0.15, -0.1) is 0 Å². The fraction of sp³-hybridized carbons (Fsp3) is 0.286. The Balaban J connectivity index is 1.40. The molecule has 0 spiro atoms. The molecule has 0 fully saturated rings. The Bertz CT molecular complexity index is 2190. The van der Waals surface area contributed by atoms with Gasteiger partial charge < -0.3 is 14.4 Å². The van der Waals surface area contributed by atoms with Gasteiger partial charge in [-0.05, 0) is 152 Å². The molecule has 3 nitrogen and oxygen atoms in total. The number of fused-ring (bicyclic) bond motifs is 10. The van der Waals surface area contributed by atoms with E-state index in [1.807, 2.05) is 0 Å². The lowest BCUT2D eigenvalue weighted by Gasteiger charge is -2.48. The zero-order valence-corrected chi connectivity index (χ0v) is 35.3. The molecule has 264 valence electrons. The lowest BCUT2D eigenvalue weighted by Crippen LogP contribution is -2.67. The monoisotopic (exact) mass is 749 g/mol. The summed E-state index contributed by atoms with van der Waals surface area (Å²) in [5.74, 6) is 3.80. The first-order chi connectivity index (χ1) is 23.8. The Morgan fingerprint density at radius 3 is 1.08 bits per heavy atom. The Labute approximate surface area is 312 Å². The van der Waals surface area contributed by atoms with Crippen molar-refractivity contribution in [2.45, 2.75) is 19.6 Å². The Kier molecular flexibility index (Phi) is 7.17. The molecule has 4 aliphatic heterocycles. The van der Waals surface area contributed by atoms with E-state index < -0.39 is 40.1 Å². The highest BCUT2D eigenvalue weighted by molar-refractivity contribution is 8.33. The van der Waals surface area contributed by atoms with E-state index in [0.29, 0.717) is 0 Å². The van der Waals surface area contributed by atoms with E-state index in [1.54, 1.807) is 0 Å². The van der Waals surface area contributed by atoms with Gasteiger partial charge in [0.05, 0.1) is 0 Å². The molecule has 0 atom stereocenters. The number of nitrogens with zero attached hydrogens (tertiary/aromatic N) is 1. The minimum absolute atomic E-state index is 0.0650. The van der Waals surface area contributed by atoms with Crippen molar-refractivity contribution >= 4 is 103 Å². The van der Waals surface area contributed by atoms with Crippen LogP contribution in [0.1, 0.15) is 0 Å². The number of ether oxygens (including phenoxy) is 2. The quantitative estimate of drug-likeness (QED) is 0.177. The molecule has 0 unspecified atom stereocenters. The molecule has 0 saturated carbocycles. The summed E-state index contributed by atoms with van der Waals surface area (Å²) in [4.78, 5) is 8.19. The first kappa shape index (κ1) is 33.8. The lowest BCUT2D eigenvalue weighted by atomic mass is 9.29. The van der Waals surface area contributed by atoms with E-state index in [-0.39, 0.29) is 13.4 Å². The molecule has 4 aliphatic rings. The predicted molar refractivity (Wildman–Crippen MR) is 238 cm³/mol. The second-order valence-electron chi connectivity index (χ2n) is 17.6. The highest BCUT2D eigenvalue weighted by Crippen LogP contribution is 2.54. The van der Waals surface area contributed by atoms with Crippen LogP contribution >= 0.6 is 40.1 Å². The molecule has 0 aliphatic carbocycles. The zero-order valence-electron chi connectivity index (χ0n) is 32.1. The Morgan fingerprint density at radius 2 is 0.725 bits per heavy atom. The average Bonchev–Trinajstić information content (AvgIpc) is 3.04. The van der Waals surface area contributed by atoms with Crippen LogP contribution < -0.4 is 47.2 Å². The molecule has 0 radical (unpaired) electrons. The van der Waals surface area contributed by atoms with Crippen molar-refractivity contribution in [1.82, 2.24) is 0 Å². The van der Waals surface area contributed by atoms with Crippen LogP contribution in [-0.4, -0.2) is 88.5 Å². The SMILES string of the molecule is CS(C)(C)c1ccc2c(c1)Oc1cc3c4c5c1B2c1ccc(S(C)(C)C)cc1N5c1cc(S(C)(C)C)ccc1B4c1ccc(S(C)(C)C)cc1O3. The number of hydrogen-bond acceptors (Lipinski definition) is 3. The van der Waals surface area contributed by atoms with Crippen LogP contribution in [0.4, 0.5) is 17.1 Å². The highest BCUT2D eigenvalue weighted by atomic mass is 32.3. The first-order valence-electron chi connectivity index (χ1n) is 17.5. The minimum atomic E-state index is -0.983. The third-order valence-corrected chi connectivity index (χ3v) is 17.7. The van der Waals surface area contributed by atoms with Gasteiger partial charge in [0.2, 0.25) is 0 Å². The summed E-state index contributed by atoms with van der Waals surface area (Å²) in [6.45, 7) is 0.130. The molecule has 51 heavy (non-hydrogen) atoms. The van der Waals surface area contributed by atoms with Crippen LogP contribution in [0, 0.1) is 0 Å². The van der Waals surface area contributed by atoms with Gasteiger partial charge in [0.1, 0.15) is 23.0 Å². The van der Waals surface area contributed by atoms with Crippen molar-refractivity contribution in [3.63, 3.8) is 0 Å². The second kappa shape index (κ2) is 10.8. The summed E-state index contributed by atoms with van der Waals surface area (Å²) < 4.78 is 14.2. The maximum atomic E-state index is 7.08. The lowest BCUT2D eigenvalue weighted by molar-refractivity contribution is 0.464. The van der Waals surface area contributed by atoms with Gasteiger partial charge in [-0.3, -0.25) is 0 Å². The van der Waals surface area contributed by atoms with Gasteiger partial charge in [-0.2, -0.15) is 0 Å². The Morgan fingerprint density at radius 1 is 0.392 bits per heavy atom. The normalized spacial score (nSPS) is 16.5.